The van der Waals surface area contributed by atoms with Gasteiger partial charge in [0.1, 0.15) is 18.1 Å². The fraction of sp³-hybridized carbons (Fsp3) is 0.125. The Morgan fingerprint density at radius 1 is 0.875 bits per heavy atom. The lowest BCUT2D eigenvalue weighted by molar-refractivity contribution is 0.258. The molecule has 32 heavy (non-hydrogen) atoms. The van der Waals surface area contributed by atoms with Gasteiger partial charge in [-0.1, -0.05) is 18.2 Å². The summed E-state index contributed by atoms with van der Waals surface area (Å²) in [4.78, 5) is 3.81. The molecule has 0 aliphatic carbocycles. The van der Waals surface area contributed by atoms with Crippen molar-refractivity contribution in [3.05, 3.63) is 66.9 Å². The van der Waals surface area contributed by atoms with Crippen molar-refractivity contribution >= 4 is 0 Å². The van der Waals surface area contributed by atoms with Gasteiger partial charge >= 0.3 is 0 Å². The highest BCUT2D eigenvalue weighted by Gasteiger charge is 2.22. The zero-order chi connectivity index (χ0) is 22.7. The molecule has 1 aromatic heterocycles. The molecule has 1 heterocycles. The van der Waals surface area contributed by atoms with Crippen molar-refractivity contribution in [2.24, 2.45) is 0 Å². The molecule has 0 aliphatic rings. The summed E-state index contributed by atoms with van der Waals surface area (Å²) in [6.07, 6.45) is 2.82. The van der Waals surface area contributed by atoms with Crippen molar-refractivity contribution < 1.29 is 33.9 Å². The minimum atomic E-state index is -0.148. The summed E-state index contributed by atoms with van der Waals surface area (Å²) in [6.45, 7) is 0.108. The van der Waals surface area contributed by atoms with Crippen LogP contribution in [0.2, 0.25) is 0 Å². The number of phenols is 3. The van der Waals surface area contributed by atoms with E-state index in [1.807, 2.05) is 0 Å². The molecule has 8 heteroatoms. The second-order valence-electron chi connectivity index (χ2n) is 6.87. The molecule has 164 valence electrons. The van der Waals surface area contributed by atoms with E-state index in [9.17, 15) is 15.3 Å². The van der Waals surface area contributed by atoms with Crippen molar-refractivity contribution in [3.8, 4) is 56.8 Å². The maximum atomic E-state index is 11.1. The fourth-order valence-electron chi connectivity index (χ4n) is 3.39. The van der Waals surface area contributed by atoms with Gasteiger partial charge in [0.05, 0.1) is 26.0 Å². The molecule has 0 atom stereocenters. The lowest BCUT2D eigenvalue weighted by Gasteiger charge is -2.18. The summed E-state index contributed by atoms with van der Waals surface area (Å²) in [5.41, 5.74) is 2.16. The first kappa shape index (κ1) is 20.9. The Morgan fingerprint density at radius 3 is 2.25 bits per heavy atom. The largest absolute Gasteiger partial charge is 0.508 e. The van der Waals surface area contributed by atoms with Crippen LogP contribution in [0.25, 0.3) is 22.3 Å². The molecule has 3 N–H and O–H groups in total. The lowest BCUT2D eigenvalue weighted by Crippen LogP contribution is -1.97. The van der Waals surface area contributed by atoms with E-state index < -0.39 is 0 Å². The third-order valence-electron chi connectivity index (χ3n) is 4.92. The van der Waals surface area contributed by atoms with E-state index in [-0.39, 0.29) is 35.4 Å². The molecular formula is C24H21NO7. The highest BCUT2D eigenvalue weighted by Crippen LogP contribution is 2.50. The fourth-order valence-corrected chi connectivity index (χ4v) is 3.39. The Labute approximate surface area is 183 Å². The van der Waals surface area contributed by atoms with Gasteiger partial charge in [0.2, 0.25) is 0 Å². The summed E-state index contributed by atoms with van der Waals surface area (Å²) in [7, 11) is 2.94. The van der Waals surface area contributed by atoms with Crippen LogP contribution in [0.4, 0.5) is 0 Å². The van der Waals surface area contributed by atoms with Crippen molar-refractivity contribution in [2.75, 3.05) is 14.2 Å². The monoisotopic (exact) mass is 435 g/mol. The molecule has 0 spiro atoms. The summed E-state index contributed by atoms with van der Waals surface area (Å²) in [5.74, 6) is 1.23. The zero-order valence-corrected chi connectivity index (χ0v) is 17.4. The quantitative estimate of drug-likeness (QED) is 0.382. The smallest absolute Gasteiger partial charge is 0.181 e. The lowest BCUT2D eigenvalue weighted by atomic mass is 9.96. The third kappa shape index (κ3) is 3.98. The number of aromatic hydroxyl groups is 3. The SMILES string of the molecule is COc1cc(-c2ccc(O)cc2)c(OC)c(O)c1-c1ccc(OCc2cnco2)c(O)c1. The second-order valence-corrected chi connectivity index (χ2v) is 6.87. The van der Waals surface area contributed by atoms with Crippen LogP contribution >= 0.6 is 0 Å². The van der Waals surface area contributed by atoms with Gasteiger partial charge in [-0.3, -0.25) is 0 Å². The molecule has 0 unspecified atom stereocenters. The molecule has 0 bridgehead atoms. The number of aromatic nitrogens is 1. The molecule has 0 saturated heterocycles. The number of ether oxygens (including phenoxy) is 3. The van der Waals surface area contributed by atoms with Crippen LogP contribution < -0.4 is 14.2 Å². The van der Waals surface area contributed by atoms with Gasteiger partial charge in [-0.25, -0.2) is 4.98 Å². The summed E-state index contributed by atoms with van der Waals surface area (Å²) >= 11 is 0. The van der Waals surface area contributed by atoms with Crippen LogP contribution in [-0.4, -0.2) is 34.5 Å². The highest BCUT2D eigenvalue weighted by molar-refractivity contribution is 5.88. The van der Waals surface area contributed by atoms with Gasteiger partial charge in [0, 0.05) is 5.56 Å². The first-order valence-corrected chi connectivity index (χ1v) is 9.62. The molecule has 3 aromatic carbocycles. The van der Waals surface area contributed by atoms with Gasteiger partial charge in [0.15, 0.2) is 35.2 Å². The summed E-state index contributed by atoms with van der Waals surface area (Å²) in [5, 5.41) is 31.1. The van der Waals surface area contributed by atoms with Crippen LogP contribution in [0.15, 0.2) is 65.5 Å². The number of oxazole rings is 1. The Balaban J connectivity index is 1.74. The molecule has 0 amide bonds. The van der Waals surface area contributed by atoms with E-state index in [4.69, 9.17) is 18.6 Å². The highest BCUT2D eigenvalue weighted by atomic mass is 16.5. The maximum absolute atomic E-state index is 11.1. The molecule has 0 aliphatic heterocycles. The van der Waals surface area contributed by atoms with Crippen LogP contribution in [0, 0.1) is 0 Å². The summed E-state index contributed by atoms with van der Waals surface area (Å²) < 4.78 is 21.7. The van der Waals surface area contributed by atoms with Gasteiger partial charge in [-0.2, -0.15) is 0 Å². The summed E-state index contributed by atoms with van der Waals surface area (Å²) in [6, 6.07) is 13.0. The molecule has 4 rings (SSSR count). The van der Waals surface area contributed by atoms with E-state index in [0.717, 1.165) is 5.56 Å². The standard InChI is InChI=1S/C24H21NO7/c1-29-21-10-18(14-3-6-16(26)7-4-14)24(30-2)23(28)22(21)15-5-8-20(19(27)9-15)31-12-17-11-25-13-32-17/h3-11,13,26-28H,12H2,1-2H3. The van der Waals surface area contributed by atoms with Crippen molar-refractivity contribution in [2.45, 2.75) is 6.61 Å². The van der Waals surface area contributed by atoms with Gasteiger partial charge < -0.3 is 33.9 Å². The van der Waals surface area contributed by atoms with E-state index in [2.05, 4.69) is 4.98 Å². The van der Waals surface area contributed by atoms with Gasteiger partial charge in [0.25, 0.3) is 0 Å². The van der Waals surface area contributed by atoms with Crippen LogP contribution in [0.3, 0.4) is 0 Å². The van der Waals surface area contributed by atoms with Gasteiger partial charge in [-0.15, -0.1) is 0 Å². The van der Waals surface area contributed by atoms with E-state index >= 15 is 0 Å². The molecule has 4 aromatic rings. The molecular weight excluding hydrogens is 414 g/mol. The Morgan fingerprint density at radius 2 is 1.62 bits per heavy atom. The van der Waals surface area contributed by atoms with Crippen molar-refractivity contribution in [1.82, 2.24) is 4.98 Å². The second kappa shape index (κ2) is 8.81. The van der Waals surface area contributed by atoms with Crippen molar-refractivity contribution in [3.63, 3.8) is 0 Å². The number of phenolic OH excluding ortho intramolecular Hbond substituents is 3. The third-order valence-corrected chi connectivity index (χ3v) is 4.92. The first-order valence-electron chi connectivity index (χ1n) is 9.62. The minimum Gasteiger partial charge on any atom is -0.508 e. The number of nitrogens with zero attached hydrogens (tertiary/aromatic N) is 1. The predicted octanol–water partition coefficient (Wildman–Crippen LogP) is 4.72. The molecule has 0 fully saturated rings. The van der Waals surface area contributed by atoms with E-state index in [1.165, 1.54) is 32.9 Å². The number of rotatable bonds is 7. The Kier molecular flexibility index (Phi) is 5.76. The Hall–Kier alpha value is -4.33. The number of hydrogen-bond acceptors (Lipinski definition) is 8. The van der Waals surface area contributed by atoms with Crippen molar-refractivity contribution in [1.29, 1.82) is 0 Å². The molecule has 0 saturated carbocycles. The first-order chi connectivity index (χ1) is 15.5. The van der Waals surface area contributed by atoms with Crippen LogP contribution in [0.1, 0.15) is 5.76 Å². The number of benzene rings is 3. The van der Waals surface area contributed by atoms with E-state index in [0.29, 0.717) is 28.2 Å². The number of hydrogen-bond donors (Lipinski definition) is 3. The zero-order valence-electron chi connectivity index (χ0n) is 17.4. The number of methoxy groups -OCH3 is 2. The molecule has 8 nitrogen and oxygen atoms in total. The normalized spacial score (nSPS) is 10.7. The molecule has 0 radical (unpaired) electrons. The average Bonchev–Trinajstić information content (AvgIpc) is 3.32. The predicted molar refractivity (Wildman–Crippen MR) is 116 cm³/mol. The maximum Gasteiger partial charge on any atom is 0.181 e. The average molecular weight is 435 g/mol. The minimum absolute atomic E-state index is 0.108. The Bertz CT molecular complexity index is 1220. The van der Waals surface area contributed by atoms with Crippen LogP contribution in [0.5, 0.6) is 34.5 Å². The van der Waals surface area contributed by atoms with Crippen LogP contribution in [-0.2, 0) is 6.61 Å². The van der Waals surface area contributed by atoms with Gasteiger partial charge in [-0.05, 0) is 41.5 Å². The topological polar surface area (TPSA) is 114 Å². The van der Waals surface area contributed by atoms with E-state index in [1.54, 1.807) is 42.5 Å².